The molecule has 2 N–H and O–H groups in total. The van der Waals surface area contributed by atoms with E-state index in [1.807, 2.05) is 6.92 Å². The minimum atomic E-state index is -0.135. The number of aliphatic hydroxyl groups is 1. The van der Waals surface area contributed by atoms with Crippen LogP contribution < -0.4 is 0 Å². The molecule has 68 valence electrons. The Kier molecular flexibility index (Phi) is 3.69. The van der Waals surface area contributed by atoms with Gasteiger partial charge in [-0.05, 0) is 6.42 Å². The first-order valence-corrected chi connectivity index (χ1v) is 3.95. The molecule has 0 saturated heterocycles. The summed E-state index contributed by atoms with van der Waals surface area (Å²) in [6.07, 6.45) is 0.987. The maximum atomic E-state index is 8.64. The first kappa shape index (κ1) is 9.15. The average molecular weight is 171 g/mol. The van der Waals surface area contributed by atoms with Gasteiger partial charge >= 0.3 is 0 Å². The standard InChI is InChI=1S/C7H13N3O2/c1-2-3-12-5-7-8-6(4-11)9-10-7/h11H,2-5H2,1H3,(H,8,9,10). The molecule has 5 nitrogen and oxygen atoms in total. The van der Waals surface area contributed by atoms with Gasteiger partial charge in [-0.15, -0.1) is 0 Å². The number of nitrogens with one attached hydrogen (secondary N) is 1. The molecule has 0 atom stereocenters. The van der Waals surface area contributed by atoms with Crippen molar-refractivity contribution in [3.63, 3.8) is 0 Å². The Hall–Kier alpha value is -0.940. The lowest BCUT2D eigenvalue weighted by atomic mass is 10.5. The molecule has 0 aliphatic heterocycles. The minimum Gasteiger partial charge on any atom is -0.388 e. The summed E-state index contributed by atoms with van der Waals surface area (Å²) in [5.74, 6) is 1.07. The maximum absolute atomic E-state index is 8.64. The van der Waals surface area contributed by atoms with Gasteiger partial charge in [0.1, 0.15) is 13.2 Å². The van der Waals surface area contributed by atoms with Crippen molar-refractivity contribution in [3.05, 3.63) is 11.6 Å². The number of hydrogen-bond acceptors (Lipinski definition) is 4. The molecule has 12 heavy (non-hydrogen) atoms. The Morgan fingerprint density at radius 2 is 2.42 bits per heavy atom. The topological polar surface area (TPSA) is 71.0 Å². The van der Waals surface area contributed by atoms with E-state index in [1.165, 1.54) is 0 Å². The predicted octanol–water partition coefficient (Wildman–Crippen LogP) is 0.224. The first-order chi connectivity index (χ1) is 5.86. The molecule has 0 fully saturated rings. The lowest BCUT2D eigenvalue weighted by Crippen LogP contribution is -1.96. The van der Waals surface area contributed by atoms with Crippen LogP contribution in [0.4, 0.5) is 0 Å². The summed E-state index contributed by atoms with van der Waals surface area (Å²) in [5.41, 5.74) is 0. The lowest BCUT2D eigenvalue weighted by Gasteiger charge is -1.96. The first-order valence-electron chi connectivity index (χ1n) is 3.95. The van der Waals surface area contributed by atoms with E-state index in [4.69, 9.17) is 9.84 Å². The molecule has 0 saturated carbocycles. The quantitative estimate of drug-likeness (QED) is 0.622. The van der Waals surface area contributed by atoms with Crippen molar-refractivity contribution >= 4 is 0 Å². The summed E-state index contributed by atoms with van der Waals surface area (Å²) in [5, 5.41) is 15.1. The van der Waals surface area contributed by atoms with Crippen molar-refractivity contribution < 1.29 is 9.84 Å². The Morgan fingerprint density at radius 3 is 3.00 bits per heavy atom. The maximum Gasteiger partial charge on any atom is 0.176 e. The SMILES string of the molecule is CCCOCc1nc(CO)n[nH]1. The molecular formula is C7H13N3O2. The van der Waals surface area contributed by atoms with E-state index in [2.05, 4.69) is 15.2 Å². The third-order valence-corrected chi connectivity index (χ3v) is 1.31. The van der Waals surface area contributed by atoms with Crippen molar-refractivity contribution in [1.29, 1.82) is 0 Å². The van der Waals surface area contributed by atoms with Crippen LogP contribution in [-0.4, -0.2) is 26.9 Å². The summed E-state index contributed by atoms with van der Waals surface area (Å²) in [6.45, 7) is 3.06. The minimum absolute atomic E-state index is 0.135. The van der Waals surface area contributed by atoms with Crippen LogP contribution in [0.5, 0.6) is 0 Å². The van der Waals surface area contributed by atoms with E-state index in [0.29, 0.717) is 18.3 Å². The van der Waals surface area contributed by atoms with Gasteiger partial charge in [0, 0.05) is 6.61 Å². The monoisotopic (exact) mass is 171 g/mol. The Bertz CT molecular complexity index is 224. The van der Waals surface area contributed by atoms with E-state index in [9.17, 15) is 0 Å². The molecule has 1 heterocycles. The molecule has 1 aromatic heterocycles. The smallest absolute Gasteiger partial charge is 0.176 e. The number of rotatable bonds is 5. The molecule has 5 heteroatoms. The number of ether oxygens (including phenoxy) is 1. The average Bonchev–Trinajstić information content (AvgIpc) is 2.53. The van der Waals surface area contributed by atoms with E-state index in [1.54, 1.807) is 0 Å². The van der Waals surface area contributed by atoms with Crippen molar-refractivity contribution in [2.24, 2.45) is 0 Å². The van der Waals surface area contributed by atoms with Crippen LogP contribution in [0.15, 0.2) is 0 Å². The number of hydrogen-bond donors (Lipinski definition) is 2. The van der Waals surface area contributed by atoms with Gasteiger partial charge in [0.15, 0.2) is 11.6 Å². The normalized spacial score (nSPS) is 10.5. The van der Waals surface area contributed by atoms with Crippen LogP contribution in [0.25, 0.3) is 0 Å². The van der Waals surface area contributed by atoms with E-state index < -0.39 is 0 Å². The lowest BCUT2D eigenvalue weighted by molar-refractivity contribution is 0.116. The van der Waals surface area contributed by atoms with Gasteiger partial charge < -0.3 is 9.84 Å². The number of nitrogens with zero attached hydrogens (tertiary/aromatic N) is 2. The van der Waals surface area contributed by atoms with E-state index >= 15 is 0 Å². The van der Waals surface area contributed by atoms with Gasteiger partial charge in [-0.2, -0.15) is 5.10 Å². The van der Waals surface area contributed by atoms with Crippen LogP contribution in [0.1, 0.15) is 25.0 Å². The van der Waals surface area contributed by atoms with Crippen LogP contribution >= 0.6 is 0 Å². The second-order valence-electron chi connectivity index (χ2n) is 2.41. The van der Waals surface area contributed by atoms with Gasteiger partial charge in [0.2, 0.25) is 0 Å². The van der Waals surface area contributed by atoms with Crippen molar-refractivity contribution in [2.75, 3.05) is 6.61 Å². The zero-order valence-corrected chi connectivity index (χ0v) is 7.08. The summed E-state index contributed by atoms with van der Waals surface area (Å²) < 4.78 is 5.21. The van der Waals surface area contributed by atoms with E-state index in [0.717, 1.165) is 13.0 Å². The highest BCUT2D eigenvalue weighted by Crippen LogP contribution is 1.95. The summed E-state index contributed by atoms with van der Waals surface area (Å²) in [7, 11) is 0. The summed E-state index contributed by atoms with van der Waals surface area (Å²) >= 11 is 0. The molecule has 0 radical (unpaired) electrons. The molecule has 0 spiro atoms. The summed E-state index contributed by atoms with van der Waals surface area (Å²) in [6, 6.07) is 0. The third kappa shape index (κ3) is 2.60. The molecule has 1 rings (SSSR count). The van der Waals surface area contributed by atoms with Crippen LogP contribution in [0.3, 0.4) is 0 Å². The molecule has 0 aliphatic carbocycles. The Labute approximate surface area is 70.8 Å². The van der Waals surface area contributed by atoms with Crippen LogP contribution in [-0.2, 0) is 18.0 Å². The highest BCUT2D eigenvalue weighted by molar-refractivity contribution is 4.86. The fraction of sp³-hybridized carbons (Fsp3) is 0.714. The highest BCUT2D eigenvalue weighted by atomic mass is 16.5. The molecule has 0 bridgehead atoms. The van der Waals surface area contributed by atoms with Gasteiger partial charge in [0.05, 0.1) is 0 Å². The number of H-pyrrole nitrogens is 1. The van der Waals surface area contributed by atoms with E-state index in [-0.39, 0.29) is 6.61 Å². The highest BCUT2D eigenvalue weighted by Gasteiger charge is 2.00. The predicted molar refractivity (Wildman–Crippen MR) is 42.3 cm³/mol. The fourth-order valence-electron chi connectivity index (χ4n) is 0.783. The summed E-state index contributed by atoms with van der Waals surface area (Å²) in [4.78, 5) is 3.96. The zero-order valence-electron chi connectivity index (χ0n) is 7.08. The molecule has 1 aromatic rings. The molecule has 0 amide bonds. The molecule has 0 aliphatic rings. The Morgan fingerprint density at radius 1 is 1.58 bits per heavy atom. The zero-order chi connectivity index (χ0) is 8.81. The van der Waals surface area contributed by atoms with Crippen molar-refractivity contribution in [3.8, 4) is 0 Å². The van der Waals surface area contributed by atoms with Gasteiger partial charge in [-0.25, -0.2) is 4.98 Å². The second-order valence-corrected chi connectivity index (χ2v) is 2.41. The third-order valence-electron chi connectivity index (χ3n) is 1.31. The van der Waals surface area contributed by atoms with Crippen LogP contribution in [0.2, 0.25) is 0 Å². The molecular weight excluding hydrogens is 158 g/mol. The van der Waals surface area contributed by atoms with Gasteiger partial charge in [-0.3, -0.25) is 5.10 Å². The van der Waals surface area contributed by atoms with Crippen molar-refractivity contribution in [2.45, 2.75) is 26.6 Å². The Balaban J connectivity index is 2.31. The number of aromatic amines is 1. The number of aromatic nitrogens is 3. The molecule has 0 unspecified atom stereocenters. The second kappa shape index (κ2) is 4.84. The fourth-order valence-corrected chi connectivity index (χ4v) is 0.783. The van der Waals surface area contributed by atoms with Gasteiger partial charge in [-0.1, -0.05) is 6.92 Å². The van der Waals surface area contributed by atoms with Crippen LogP contribution in [0, 0.1) is 0 Å². The number of aliphatic hydroxyl groups excluding tert-OH is 1. The van der Waals surface area contributed by atoms with Gasteiger partial charge in [0.25, 0.3) is 0 Å². The largest absolute Gasteiger partial charge is 0.388 e. The molecule has 0 aromatic carbocycles. The van der Waals surface area contributed by atoms with Crippen molar-refractivity contribution in [1.82, 2.24) is 15.2 Å².